The minimum Gasteiger partial charge on any atom is -0.390 e. The molecule has 0 saturated heterocycles. The highest BCUT2D eigenvalue weighted by atomic mass is 79.9. The molecule has 1 heterocycles. The summed E-state index contributed by atoms with van der Waals surface area (Å²) in [4.78, 5) is 0. The molecule has 4 nitrogen and oxygen atoms in total. The molecule has 1 aromatic heterocycles. The van der Waals surface area contributed by atoms with Crippen LogP contribution in [0.15, 0.2) is 28.9 Å². The van der Waals surface area contributed by atoms with Crippen molar-refractivity contribution in [3.8, 4) is 5.69 Å². The summed E-state index contributed by atoms with van der Waals surface area (Å²) >= 11 is 3.42. The Kier molecular flexibility index (Phi) is 2.83. The van der Waals surface area contributed by atoms with Gasteiger partial charge in [-0.25, -0.2) is 4.68 Å². The van der Waals surface area contributed by atoms with Crippen molar-refractivity contribution in [3.63, 3.8) is 0 Å². The lowest BCUT2D eigenvalue weighted by Gasteiger charge is -2.02. The van der Waals surface area contributed by atoms with Gasteiger partial charge >= 0.3 is 0 Å². The first-order chi connectivity index (χ1) is 7.19. The van der Waals surface area contributed by atoms with E-state index in [1.807, 2.05) is 25.1 Å². The van der Waals surface area contributed by atoms with Crippen LogP contribution in [0, 0.1) is 6.92 Å². The van der Waals surface area contributed by atoms with Crippen LogP contribution in [0.4, 0.5) is 0 Å². The minimum atomic E-state index is -0.0903. The minimum absolute atomic E-state index is 0.0903. The molecule has 0 amide bonds. The Morgan fingerprint density at radius 3 is 2.80 bits per heavy atom. The normalized spacial score (nSPS) is 10.6. The fourth-order valence-corrected chi connectivity index (χ4v) is 1.94. The lowest BCUT2D eigenvalue weighted by atomic mass is 10.2. The van der Waals surface area contributed by atoms with Crippen molar-refractivity contribution >= 4 is 15.9 Å². The number of nitrogens with zero attached hydrogens (tertiary/aromatic N) is 3. The molecular formula is C10H10BrN3O. The van der Waals surface area contributed by atoms with Gasteiger partial charge in [-0.1, -0.05) is 21.1 Å². The van der Waals surface area contributed by atoms with Crippen LogP contribution in [0.25, 0.3) is 5.69 Å². The Morgan fingerprint density at radius 1 is 1.40 bits per heavy atom. The van der Waals surface area contributed by atoms with Gasteiger partial charge in [0.1, 0.15) is 5.69 Å². The molecule has 2 rings (SSSR count). The SMILES string of the molecule is Cc1cc(Br)cc(-n2cc(CO)nn2)c1. The van der Waals surface area contributed by atoms with E-state index in [1.165, 1.54) is 0 Å². The van der Waals surface area contributed by atoms with Crippen LogP contribution in [-0.4, -0.2) is 20.1 Å². The van der Waals surface area contributed by atoms with E-state index < -0.39 is 0 Å². The first kappa shape index (κ1) is 10.3. The Hall–Kier alpha value is -1.20. The maximum Gasteiger partial charge on any atom is 0.109 e. The summed E-state index contributed by atoms with van der Waals surface area (Å²) in [6.07, 6.45) is 1.71. The number of rotatable bonds is 2. The molecule has 0 fully saturated rings. The molecule has 0 spiro atoms. The van der Waals surface area contributed by atoms with Gasteiger partial charge in [0, 0.05) is 4.47 Å². The summed E-state index contributed by atoms with van der Waals surface area (Å²) in [7, 11) is 0. The van der Waals surface area contributed by atoms with E-state index in [2.05, 4.69) is 26.2 Å². The van der Waals surface area contributed by atoms with Crippen molar-refractivity contribution in [3.05, 3.63) is 40.1 Å². The molecule has 0 aliphatic rings. The molecule has 5 heteroatoms. The van der Waals surface area contributed by atoms with Gasteiger partial charge in [0.25, 0.3) is 0 Å². The zero-order valence-corrected chi connectivity index (χ0v) is 9.77. The largest absolute Gasteiger partial charge is 0.390 e. The highest BCUT2D eigenvalue weighted by molar-refractivity contribution is 9.10. The van der Waals surface area contributed by atoms with Gasteiger partial charge < -0.3 is 5.11 Å². The van der Waals surface area contributed by atoms with E-state index in [0.717, 1.165) is 15.7 Å². The standard InChI is InChI=1S/C10H10BrN3O/c1-7-2-8(11)4-10(3-7)14-5-9(6-15)12-13-14/h2-5,15H,6H2,1H3. The predicted octanol–water partition coefficient (Wildman–Crippen LogP) is 1.83. The van der Waals surface area contributed by atoms with Crippen LogP contribution < -0.4 is 0 Å². The van der Waals surface area contributed by atoms with Crippen molar-refractivity contribution in [2.75, 3.05) is 0 Å². The molecule has 2 aromatic rings. The Bertz CT molecular complexity index is 461. The van der Waals surface area contributed by atoms with Crippen LogP contribution in [0.5, 0.6) is 0 Å². The highest BCUT2D eigenvalue weighted by Gasteiger charge is 2.03. The fourth-order valence-electron chi connectivity index (χ4n) is 1.35. The van der Waals surface area contributed by atoms with E-state index in [4.69, 9.17) is 5.11 Å². The van der Waals surface area contributed by atoms with Crippen LogP contribution in [0.2, 0.25) is 0 Å². The second-order valence-corrected chi connectivity index (χ2v) is 4.22. The lowest BCUT2D eigenvalue weighted by Crippen LogP contribution is -1.95. The van der Waals surface area contributed by atoms with Gasteiger partial charge in [0.05, 0.1) is 18.5 Å². The summed E-state index contributed by atoms with van der Waals surface area (Å²) in [5, 5.41) is 16.6. The van der Waals surface area contributed by atoms with Crippen LogP contribution in [0.1, 0.15) is 11.3 Å². The zero-order valence-electron chi connectivity index (χ0n) is 8.18. The molecule has 0 bridgehead atoms. The first-order valence-electron chi connectivity index (χ1n) is 4.48. The number of aromatic nitrogens is 3. The molecular weight excluding hydrogens is 258 g/mol. The topological polar surface area (TPSA) is 50.9 Å². The highest BCUT2D eigenvalue weighted by Crippen LogP contribution is 2.17. The molecule has 0 aliphatic heterocycles. The maximum absolute atomic E-state index is 8.88. The van der Waals surface area contributed by atoms with Gasteiger partial charge in [0.2, 0.25) is 0 Å². The first-order valence-corrected chi connectivity index (χ1v) is 5.28. The second kappa shape index (κ2) is 4.12. The van der Waals surface area contributed by atoms with Gasteiger partial charge in [0.15, 0.2) is 0 Å². The molecule has 0 aliphatic carbocycles. The van der Waals surface area contributed by atoms with E-state index in [0.29, 0.717) is 5.69 Å². The molecule has 0 atom stereocenters. The number of hydrogen-bond donors (Lipinski definition) is 1. The summed E-state index contributed by atoms with van der Waals surface area (Å²) in [5.41, 5.74) is 2.63. The molecule has 0 saturated carbocycles. The predicted molar refractivity (Wildman–Crippen MR) is 59.7 cm³/mol. The van der Waals surface area contributed by atoms with Gasteiger partial charge in [-0.15, -0.1) is 5.10 Å². The monoisotopic (exact) mass is 267 g/mol. The smallest absolute Gasteiger partial charge is 0.109 e. The third-order valence-electron chi connectivity index (χ3n) is 1.99. The number of aryl methyl sites for hydroxylation is 1. The molecule has 0 unspecified atom stereocenters. The number of hydrogen-bond acceptors (Lipinski definition) is 3. The summed E-state index contributed by atoms with van der Waals surface area (Å²) in [6.45, 7) is 1.92. The van der Waals surface area contributed by atoms with E-state index in [1.54, 1.807) is 10.9 Å². The molecule has 1 aromatic carbocycles. The van der Waals surface area contributed by atoms with Crippen molar-refractivity contribution in [1.82, 2.24) is 15.0 Å². The number of benzene rings is 1. The lowest BCUT2D eigenvalue weighted by molar-refractivity contribution is 0.276. The molecule has 78 valence electrons. The fraction of sp³-hybridized carbons (Fsp3) is 0.200. The third-order valence-corrected chi connectivity index (χ3v) is 2.45. The number of aliphatic hydroxyl groups is 1. The Balaban J connectivity index is 2.44. The quantitative estimate of drug-likeness (QED) is 0.904. The Labute approximate surface area is 95.7 Å². The van der Waals surface area contributed by atoms with Crippen LogP contribution >= 0.6 is 15.9 Å². The van der Waals surface area contributed by atoms with Crippen molar-refractivity contribution in [2.45, 2.75) is 13.5 Å². The van der Waals surface area contributed by atoms with Crippen molar-refractivity contribution < 1.29 is 5.11 Å². The van der Waals surface area contributed by atoms with Gasteiger partial charge in [-0.3, -0.25) is 0 Å². The number of halogens is 1. The van der Waals surface area contributed by atoms with E-state index in [9.17, 15) is 0 Å². The van der Waals surface area contributed by atoms with Crippen LogP contribution in [-0.2, 0) is 6.61 Å². The summed E-state index contributed by atoms with van der Waals surface area (Å²) < 4.78 is 2.64. The average molecular weight is 268 g/mol. The molecule has 1 N–H and O–H groups in total. The zero-order chi connectivity index (χ0) is 10.8. The maximum atomic E-state index is 8.88. The third kappa shape index (κ3) is 2.24. The number of aliphatic hydroxyl groups excluding tert-OH is 1. The van der Waals surface area contributed by atoms with Crippen LogP contribution in [0.3, 0.4) is 0 Å². The van der Waals surface area contributed by atoms with Crippen molar-refractivity contribution in [2.24, 2.45) is 0 Å². The van der Waals surface area contributed by atoms with E-state index >= 15 is 0 Å². The van der Waals surface area contributed by atoms with Gasteiger partial charge in [-0.2, -0.15) is 0 Å². The second-order valence-electron chi connectivity index (χ2n) is 3.30. The molecule has 15 heavy (non-hydrogen) atoms. The molecule has 0 radical (unpaired) electrons. The van der Waals surface area contributed by atoms with Crippen molar-refractivity contribution in [1.29, 1.82) is 0 Å². The summed E-state index contributed by atoms with van der Waals surface area (Å²) in [5.74, 6) is 0. The van der Waals surface area contributed by atoms with E-state index in [-0.39, 0.29) is 6.61 Å². The average Bonchev–Trinajstić information content (AvgIpc) is 2.64. The summed E-state index contributed by atoms with van der Waals surface area (Å²) in [6, 6.07) is 5.97. The Morgan fingerprint density at radius 2 is 2.20 bits per heavy atom. The van der Waals surface area contributed by atoms with Gasteiger partial charge in [-0.05, 0) is 30.7 Å².